The molecule has 1 rings (SSSR count). The zero-order valence-electron chi connectivity index (χ0n) is 10.1. The van der Waals surface area contributed by atoms with Gasteiger partial charge in [-0.15, -0.1) is 0 Å². The summed E-state index contributed by atoms with van der Waals surface area (Å²) in [5.74, 6) is 0.105. The molecule has 0 radical (unpaired) electrons. The number of methoxy groups -OCH3 is 1. The number of ketones is 1. The lowest BCUT2D eigenvalue weighted by atomic mass is 9.89. The first-order valence-electron chi connectivity index (χ1n) is 5.57. The van der Waals surface area contributed by atoms with Gasteiger partial charge in [0.1, 0.15) is 5.60 Å². The van der Waals surface area contributed by atoms with Crippen molar-refractivity contribution in [1.29, 1.82) is 0 Å². The van der Waals surface area contributed by atoms with Crippen LogP contribution in [-0.2, 0) is 9.53 Å². The Bertz CT molecular complexity index is 312. The lowest BCUT2D eigenvalue weighted by molar-refractivity contribution is -0.112. The van der Waals surface area contributed by atoms with Crippen LogP contribution in [0.15, 0.2) is 23.3 Å². The van der Waals surface area contributed by atoms with Crippen LogP contribution in [0.25, 0.3) is 0 Å². The number of rotatable bonds is 4. The van der Waals surface area contributed by atoms with Crippen molar-refractivity contribution in [2.24, 2.45) is 0 Å². The second-order valence-electron chi connectivity index (χ2n) is 4.08. The summed E-state index contributed by atoms with van der Waals surface area (Å²) in [6.45, 7) is 6.02. The van der Waals surface area contributed by atoms with Gasteiger partial charge < -0.3 is 4.74 Å². The quantitative estimate of drug-likeness (QED) is 0.664. The van der Waals surface area contributed by atoms with E-state index in [0.717, 1.165) is 30.4 Å². The molecule has 2 heteroatoms. The highest BCUT2D eigenvalue weighted by Gasteiger charge is 2.40. The van der Waals surface area contributed by atoms with Gasteiger partial charge in [0.2, 0.25) is 0 Å². The van der Waals surface area contributed by atoms with Crippen LogP contribution in [-0.4, -0.2) is 18.5 Å². The Hall–Kier alpha value is -0.890. The van der Waals surface area contributed by atoms with Gasteiger partial charge in [-0.2, -0.15) is 0 Å². The number of ether oxygens (including phenoxy) is 1. The topological polar surface area (TPSA) is 26.3 Å². The van der Waals surface area contributed by atoms with E-state index in [0.29, 0.717) is 0 Å². The molecule has 0 amide bonds. The summed E-state index contributed by atoms with van der Waals surface area (Å²) in [6, 6.07) is 0. The van der Waals surface area contributed by atoms with Gasteiger partial charge in [-0.05, 0) is 38.3 Å². The van der Waals surface area contributed by atoms with Crippen molar-refractivity contribution in [3.8, 4) is 0 Å². The van der Waals surface area contributed by atoms with Gasteiger partial charge >= 0.3 is 0 Å². The Labute approximate surface area is 92.0 Å². The minimum Gasteiger partial charge on any atom is -0.369 e. The standard InChI is InChI=1S/C13H20O2/c1-5-7-8-10-9-12(14)11(6-2)13(10,3)15-4/h6,9H,5,7-8H2,1-4H3/b11-6-. The molecule has 0 aromatic carbocycles. The predicted octanol–water partition coefficient (Wildman–Crippen LogP) is 3.04. The van der Waals surface area contributed by atoms with Gasteiger partial charge in [0, 0.05) is 12.7 Å². The van der Waals surface area contributed by atoms with Crippen molar-refractivity contribution in [2.45, 2.75) is 45.6 Å². The molecular weight excluding hydrogens is 188 g/mol. The van der Waals surface area contributed by atoms with Crippen LogP contribution in [0.1, 0.15) is 40.0 Å². The summed E-state index contributed by atoms with van der Waals surface area (Å²) in [7, 11) is 1.67. The van der Waals surface area contributed by atoms with Crippen molar-refractivity contribution >= 4 is 5.78 Å². The highest BCUT2D eigenvalue weighted by molar-refractivity contribution is 6.10. The Morgan fingerprint density at radius 3 is 2.67 bits per heavy atom. The fourth-order valence-corrected chi connectivity index (χ4v) is 2.12. The Balaban J connectivity index is 2.96. The molecule has 0 bridgehead atoms. The van der Waals surface area contributed by atoms with E-state index in [1.54, 1.807) is 13.2 Å². The molecule has 0 aromatic rings. The van der Waals surface area contributed by atoms with Crippen LogP contribution < -0.4 is 0 Å². The van der Waals surface area contributed by atoms with E-state index in [9.17, 15) is 4.79 Å². The van der Waals surface area contributed by atoms with E-state index in [2.05, 4.69) is 6.92 Å². The molecule has 1 atom stereocenters. The second-order valence-corrected chi connectivity index (χ2v) is 4.08. The average Bonchev–Trinajstić information content (AvgIpc) is 2.47. The zero-order chi connectivity index (χ0) is 11.5. The number of hydrogen-bond acceptors (Lipinski definition) is 2. The number of carbonyl (C=O) groups excluding carboxylic acids is 1. The van der Waals surface area contributed by atoms with Crippen molar-refractivity contribution in [3.63, 3.8) is 0 Å². The first-order chi connectivity index (χ1) is 7.10. The number of carbonyl (C=O) groups is 1. The van der Waals surface area contributed by atoms with Gasteiger partial charge in [-0.25, -0.2) is 0 Å². The molecule has 0 heterocycles. The van der Waals surface area contributed by atoms with Crippen LogP contribution >= 0.6 is 0 Å². The maximum absolute atomic E-state index is 11.7. The van der Waals surface area contributed by atoms with Crippen LogP contribution in [0.2, 0.25) is 0 Å². The third-order valence-corrected chi connectivity index (χ3v) is 3.19. The minimum absolute atomic E-state index is 0.105. The summed E-state index contributed by atoms with van der Waals surface area (Å²) in [6.07, 6.45) is 6.80. The number of allylic oxidation sites excluding steroid dienone is 2. The fraction of sp³-hybridized carbons (Fsp3) is 0.615. The monoisotopic (exact) mass is 208 g/mol. The molecule has 0 aromatic heterocycles. The molecule has 1 aliphatic carbocycles. The van der Waals surface area contributed by atoms with E-state index in [-0.39, 0.29) is 5.78 Å². The zero-order valence-corrected chi connectivity index (χ0v) is 10.1. The van der Waals surface area contributed by atoms with Gasteiger partial charge in [-0.1, -0.05) is 19.4 Å². The van der Waals surface area contributed by atoms with Crippen LogP contribution in [0.3, 0.4) is 0 Å². The third kappa shape index (κ3) is 2.05. The smallest absolute Gasteiger partial charge is 0.184 e. The van der Waals surface area contributed by atoms with Gasteiger partial charge in [0.25, 0.3) is 0 Å². The van der Waals surface area contributed by atoms with E-state index in [1.807, 2.05) is 19.9 Å². The predicted molar refractivity (Wildman–Crippen MR) is 61.8 cm³/mol. The molecule has 0 N–H and O–H groups in total. The maximum atomic E-state index is 11.7. The second kappa shape index (κ2) is 4.75. The Morgan fingerprint density at radius 1 is 1.53 bits per heavy atom. The first kappa shape index (κ1) is 12.2. The molecule has 0 saturated carbocycles. The lowest BCUT2D eigenvalue weighted by Gasteiger charge is -2.27. The Kier molecular flexibility index (Phi) is 3.86. The average molecular weight is 208 g/mol. The molecule has 1 unspecified atom stereocenters. The molecule has 2 nitrogen and oxygen atoms in total. The molecule has 0 saturated heterocycles. The molecule has 84 valence electrons. The number of hydrogen-bond donors (Lipinski definition) is 0. The first-order valence-corrected chi connectivity index (χ1v) is 5.57. The summed E-state index contributed by atoms with van der Waals surface area (Å²) < 4.78 is 5.52. The normalized spacial score (nSPS) is 28.7. The van der Waals surface area contributed by atoms with Gasteiger partial charge in [-0.3, -0.25) is 4.79 Å². The molecule has 0 spiro atoms. The summed E-state index contributed by atoms with van der Waals surface area (Å²) in [5.41, 5.74) is 1.40. The van der Waals surface area contributed by atoms with Crippen molar-refractivity contribution in [1.82, 2.24) is 0 Å². The fourth-order valence-electron chi connectivity index (χ4n) is 2.12. The molecule has 15 heavy (non-hydrogen) atoms. The number of unbranched alkanes of at least 4 members (excludes halogenated alkanes) is 1. The van der Waals surface area contributed by atoms with Gasteiger partial charge in [0.05, 0.1) is 0 Å². The molecule has 0 aliphatic heterocycles. The summed E-state index contributed by atoms with van der Waals surface area (Å²) in [5, 5.41) is 0. The van der Waals surface area contributed by atoms with Crippen molar-refractivity contribution < 1.29 is 9.53 Å². The SMILES string of the molecule is C/C=C1/C(=O)C=C(CCCC)C1(C)OC. The van der Waals surface area contributed by atoms with Crippen LogP contribution in [0.4, 0.5) is 0 Å². The largest absolute Gasteiger partial charge is 0.369 e. The molecular formula is C13H20O2. The highest BCUT2D eigenvalue weighted by Crippen LogP contribution is 2.38. The minimum atomic E-state index is -0.485. The van der Waals surface area contributed by atoms with Crippen LogP contribution in [0, 0.1) is 0 Å². The van der Waals surface area contributed by atoms with Crippen molar-refractivity contribution in [3.05, 3.63) is 23.3 Å². The van der Waals surface area contributed by atoms with Crippen molar-refractivity contribution in [2.75, 3.05) is 7.11 Å². The summed E-state index contributed by atoms with van der Waals surface area (Å²) >= 11 is 0. The van der Waals surface area contributed by atoms with E-state index in [1.165, 1.54) is 0 Å². The maximum Gasteiger partial charge on any atom is 0.184 e. The Morgan fingerprint density at radius 2 is 2.20 bits per heavy atom. The lowest BCUT2D eigenvalue weighted by Crippen LogP contribution is -2.30. The van der Waals surface area contributed by atoms with E-state index in [4.69, 9.17) is 4.74 Å². The van der Waals surface area contributed by atoms with Gasteiger partial charge in [0.15, 0.2) is 5.78 Å². The van der Waals surface area contributed by atoms with E-state index >= 15 is 0 Å². The molecule has 0 fully saturated rings. The third-order valence-electron chi connectivity index (χ3n) is 3.19. The van der Waals surface area contributed by atoms with E-state index < -0.39 is 5.60 Å². The highest BCUT2D eigenvalue weighted by atomic mass is 16.5. The van der Waals surface area contributed by atoms with Crippen LogP contribution in [0.5, 0.6) is 0 Å². The molecule has 1 aliphatic rings. The summed E-state index contributed by atoms with van der Waals surface area (Å²) in [4.78, 5) is 11.7.